The molecule has 1 aromatic carbocycles. The largest absolute Gasteiger partial charge is 0.396 e. The van der Waals surface area contributed by atoms with Crippen LogP contribution >= 0.6 is 0 Å². The van der Waals surface area contributed by atoms with Crippen molar-refractivity contribution in [2.75, 3.05) is 23.7 Å². The third-order valence-electron chi connectivity index (χ3n) is 3.75. The SMILES string of the molecule is CC1(O)CCCN(c2cccc(S(N)(=O)=O)c2N)CC1. The fourth-order valence-electron chi connectivity index (χ4n) is 2.56. The Bertz CT molecular complexity index is 599. The highest BCUT2D eigenvalue weighted by Crippen LogP contribution is 2.32. The van der Waals surface area contributed by atoms with Gasteiger partial charge in [0, 0.05) is 13.1 Å². The molecule has 1 atom stereocenters. The van der Waals surface area contributed by atoms with E-state index >= 15 is 0 Å². The van der Waals surface area contributed by atoms with Crippen LogP contribution in [0.25, 0.3) is 0 Å². The van der Waals surface area contributed by atoms with Gasteiger partial charge < -0.3 is 15.7 Å². The monoisotopic (exact) mass is 299 g/mol. The Morgan fingerprint density at radius 3 is 2.65 bits per heavy atom. The summed E-state index contributed by atoms with van der Waals surface area (Å²) < 4.78 is 23.0. The Morgan fingerprint density at radius 1 is 1.30 bits per heavy atom. The lowest BCUT2D eigenvalue weighted by Gasteiger charge is -2.26. The van der Waals surface area contributed by atoms with Crippen LogP contribution < -0.4 is 15.8 Å². The number of rotatable bonds is 2. The van der Waals surface area contributed by atoms with E-state index in [0.717, 1.165) is 19.4 Å². The Hall–Kier alpha value is -1.31. The van der Waals surface area contributed by atoms with E-state index < -0.39 is 15.6 Å². The van der Waals surface area contributed by atoms with Crippen molar-refractivity contribution in [1.29, 1.82) is 0 Å². The smallest absolute Gasteiger partial charge is 0.240 e. The number of para-hydroxylation sites is 1. The number of nitrogens with two attached hydrogens (primary N) is 2. The minimum absolute atomic E-state index is 0.0500. The Balaban J connectivity index is 2.34. The molecule has 6 nitrogen and oxygen atoms in total. The zero-order valence-corrected chi connectivity index (χ0v) is 12.4. The average molecular weight is 299 g/mol. The molecule has 1 aromatic rings. The maximum absolute atomic E-state index is 11.5. The minimum Gasteiger partial charge on any atom is -0.396 e. The molecular formula is C13H21N3O3S. The number of nitrogens with zero attached hydrogens (tertiary/aromatic N) is 1. The lowest BCUT2D eigenvalue weighted by molar-refractivity contribution is 0.0481. The van der Waals surface area contributed by atoms with Gasteiger partial charge in [0.05, 0.1) is 17.0 Å². The van der Waals surface area contributed by atoms with Crippen molar-refractivity contribution in [2.45, 2.75) is 36.7 Å². The Kier molecular flexibility index (Phi) is 3.95. The number of aliphatic hydroxyl groups is 1. The van der Waals surface area contributed by atoms with E-state index in [1.807, 2.05) is 11.8 Å². The van der Waals surface area contributed by atoms with Crippen LogP contribution in [0.1, 0.15) is 26.2 Å². The summed E-state index contributed by atoms with van der Waals surface area (Å²) in [7, 11) is -3.83. The summed E-state index contributed by atoms with van der Waals surface area (Å²) in [5.74, 6) is 0. The first-order chi connectivity index (χ1) is 9.21. The number of hydrogen-bond donors (Lipinski definition) is 3. The second-order valence-corrected chi connectivity index (χ2v) is 7.10. The topological polar surface area (TPSA) is 110 Å². The van der Waals surface area contributed by atoms with E-state index in [1.165, 1.54) is 6.07 Å². The van der Waals surface area contributed by atoms with E-state index in [9.17, 15) is 13.5 Å². The van der Waals surface area contributed by atoms with E-state index in [-0.39, 0.29) is 10.6 Å². The number of anilines is 2. The van der Waals surface area contributed by atoms with Crippen LogP contribution in [-0.2, 0) is 10.0 Å². The minimum atomic E-state index is -3.83. The van der Waals surface area contributed by atoms with Gasteiger partial charge in [-0.1, -0.05) is 6.07 Å². The first-order valence-corrected chi connectivity index (χ1v) is 8.14. The third-order valence-corrected chi connectivity index (χ3v) is 4.72. The van der Waals surface area contributed by atoms with Gasteiger partial charge in [0.2, 0.25) is 10.0 Å². The number of benzene rings is 1. The van der Waals surface area contributed by atoms with Crippen molar-refractivity contribution in [3.8, 4) is 0 Å². The summed E-state index contributed by atoms with van der Waals surface area (Å²) >= 11 is 0. The fourth-order valence-corrected chi connectivity index (χ4v) is 3.24. The van der Waals surface area contributed by atoms with Gasteiger partial charge in [0.1, 0.15) is 4.90 Å². The molecule has 0 bridgehead atoms. The molecule has 0 aromatic heterocycles. The first-order valence-electron chi connectivity index (χ1n) is 6.59. The fraction of sp³-hybridized carbons (Fsp3) is 0.538. The highest BCUT2D eigenvalue weighted by Gasteiger charge is 2.26. The average Bonchev–Trinajstić information content (AvgIpc) is 2.49. The van der Waals surface area contributed by atoms with E-state index in [0.29, 0.717) is 18.7 Å². The van der Waals surface area contributed by atoms with E-state index in [4.69, 9.17) is 10.9 Å². The van der Waals surface area contributed by atoms with Crippen LogP contribution in [0.2, 0.25) is 0 Å². The zero-order chi connectivity index (χ0) is 15.0. The predicted molar refractivity (Wildman–Crippen MR) is 78.9 cm³/mol. The summed E-state index contributed by atoms with van der Waals surface area (Å²) in [5.41, 5.74) is 6.11. The predicted octanol–water partition coefficient (Wildman–Crippen LogP) is 0.657. The van der Waals surface area contributed by atoms with Gasteiger partial charge in [0.15, 0.2) is 0 Å². The van der Waals surface area contributed by atoms with Crippen LogP contribution in [0.5, 0.6) is 0 Å². The van der Waals surface area contributed by atoms with Crippen molar-refractivity contribution in [2.24, 2.45) is 5.14 Å². The summed E-state index contributed by atoms with van der Waals surface area (Å²) in [6.07, 6.45) is 2.16. The molecule has 1 unspecified atom stereocenters. The summed E-state index contributed by atoms with van der Waals surface area (Å²) in [6.45, 7) is 3.18. The van der Waals surface area contributed by atoms with Crippen LogP contribution in [0.4, 0.5) is 11.4 Å². The van der Waals surface area contributed by atoms with Crippen LogP contribution in [0.15, 0.2) is 23.1 Å². The van der Waals surface area contributed by atoms with Gasteiger partial charge in [-0.2, -0.15) is 0 Å². The van der Waals surface area contributed by atoms with Gasteiger partial charge >= 0.3 is 0 Å². The van der Waals surface area contributed by atoms with Gasteiger partial charge in [0.25, 0.3) is 0 Å². The zero-order valence-electron chi connectivity index (χ0n) is 11.5. The molecule has 5 N–H and O–H groups in total. The Morgan fingerprint density at radius 2 is 2.00 bits per heavy atom. The maximum atomic E-state index is 11.5. The summed E-state index contributed by atoms with van der Waals surface area (Å²) in [5, 5.41) is 15.3. The van der Waals surface area contributed by atoms with E-state index in [2.05, 4.69) is 0 Å². The van der Waals surface area contributed by atoms with Crippen LogP contribution in [-0.4, -0.2) is 32.2 Å². The molecule has 112 valence electrons. The molecule has 2 rings (SSSR count). The highest BCUT2D eigenvalue weighted by molar-refractivity contribution is 7.89. The summed E-state index contributed by atoms with van der Waals surface area (Å²) in [4.78, 5) is 1.96. The number of nitrogen functional groups attached to an aromatic ring is 1. The number of primary sulfonamides is 1. The van der Waals surface area contributed by atoms with E-state index in [1.54, 1.807) is 12.1 Å². The van der Waals surface area contributed by atoms with Gasteiger partial charge in [-0.3, -0.25) is 0 Å². The lowest BCUT2D eigenvalue weighted by Crippen LogP contribution is -2.29. The van der Waals surface area contributed by atoms with Crippen LogP contribution in [0, 0.1) is 0 Å². The maximum Gasteiger partial charge on any atom is 0.240 e. The lowest BCUT2D eigenvalue weighted by atomic mass is 9.98. The van der Waals surface area contributed by atoms with Gasteiger partial charge in [-0.05, 0) is 38.3 Å². The number of sulfonamides is 1. The van der Waals surface area contributed by atoms with Gasteiger partial charge in [-0.15, -0.1) is 0 Å². The van der Waals surface area contributed by atoms with Crippen LogP contribution in [0.3, 0.4) is 0 Å². The molecule has 0 amide bonds. The summed E-state index contributed by atoms with van der Waals surface area (Å²) in [6, 6.07) is 4.82. The molecule has 1 saturated heterocycles. The normalized spacial score (nSPS) is 24.4. The van der Waals surface area contributed by atoms with Crippen molar-refractivity contribution in [1.82, 2.24) is 0 Å². The molecular weight excluding hydrogens is 278 g/mol. The third kappa shape index (κ3) is 3.23. The van der Waals surface area contributed by atoms with Crippen molar-refractivity contribution < 1.29 is 13.5 Å². The standard InChI is InChI=1S/C13H21N3O3S/c1-13(17)6-3-8-16(9-7-13)10-4-2-5-11(12(10)14)20(15,18)19/h2,4-5,17H,3,6-9,14H2,1H3,(H2,15,18,19). The Labute approximate surface area is 119 Å². The molecule has 1 fully saturated rings. The first kappa shape index (κ1) is 15.1. The molecule has 0 saturated carbocycles. The van der Waals surface area contributed by atoms with Crippen molar-refractivity contribution in [3.63, 3.8) is 0 Å². The number of hydrogen-bond acceptors (Lipinski definition) is 5. The second kappa shape index (κ2) is 5.23. The molecule has 1 aliphatic heterocycles. The van der Waals surface area contributed by atoms with Gasteiger partial charge in [-0.25, -0.2) is 13.6 Å². The molecule has 1 heterocycles. The second-order valence-electron chi connectivity index (χ2n) is 5.57. The highest BCUT2D eigenvalue weighted by atomic mass is 32.2. The molecule has 1 aliphatic rings. The molecule has 0 aliphatic carbocycles. The van der Waals surface area contributed by atoms with Crippen molar-refractivity contribution >= 4 is 21.4 Å². The molecule has 0 radical (unpaired) electrons. The molecule has 20 heavy (non-hydrogen) atoms. The quantitative estimate of drug-likeness (QED) is 0.695. The molecule has 7 heteroatoms. The molecule has 0 spiro atoms. The van der Waals surface area contributed by atoms with Crippen molar-refractivity contribution in [3.05, 3.63) is 18.2 Å².